The van der Waals surface area contributed by atoms with Gasteiger partial charge in [-0.15, -0.1) is 0 Å². The number of aliphatic hydroxyl groups excluding tert-OH is 1. The zero-order chi connectivity index (χ0) is 11.3. The lowest BCUT2D eigenvalue weighted by molar-refractivity contribution is 0.1000. The maximum Gasteiger partial charge on any atom is 0.250 e. The highest BCUT2D eigenvalue weighted by molar-refractivity contribution is 5.92. The molecule has 5 heteroatoms. The molecule has 0 saturated heterocycles. The van der Waals surface area contributed by atoms with Gasteiger partial charge in [0.15, 0.2) is 0 Å². The molecule has 0 atom stereocenters. The van der Waals surface area contributed by atoms with Crippen molar-refractivity contribution in [2.45, 2.75) is 6.92 Å². The highest BCUT2D eigenvalue weighted by atomic mass is 16.3. The molecule has 0 fully saturated rings. The molecule has 1 amide bonds. The number of aromatic nitrogens is 1. The summed E-state index contributed by atoms with van der Waals surface area (Å²) in [6.45, 7) is 3.33. The Labute approximate surface area is 88.5 Å². The van der Waals surface area contributed by atoms with Gasteiger partial charge in [-0.05, 0) is 19.1 Å². The number of carbonyl (C=O) groups excluding carboxylic acids is 1. The third-order valence-electron chi connectivity index (χ3n) is 2.11. The molecule has 0 unspecified atom stereocenters. The Morgan fingerprint density at radius 1 is 1.60 bits per heavy atom. The number of aliphatic hydroxyl groups is 1. The van der Waals surface area contributed by atoms with Crippen LogP contribution in [0.15, 0.2) is 18.3 Å². The van der Waals surface area contributed by atoms with Gasteiger partial charge in [0.1, 0.15) is 5.82 Å². The first-order valence-corrected chi connectivity index (χ1v) is 4.80. The van der Waals surface area contributed by atoms with Gasteiger partial charge in [0, 0.05) is 19.3 Å². The summed E-state index contributed by atoms with van der Waals surface area (Å²) >= 11 is 0. The highest BCUT2D eigenvalue weighted by Crippen LogP contribution is 2.10. The van der Waals surface area contributed by atoms with E-state index in [-0.39, 0.29) is 6.61 Å². The molecule has 0 aliphatic carbocycles. The van der Waals surface area contributed by atoms with Crippen LogP contribution in [-0.2, 0) is 0 Å². The van der Waals surface area contributed by atoms with Crippen LogP contribution in [0.3, 0.4) is 0 Å². The lowest BCUT2D eigenvalue weighted by atomic mass is 10.2. The number of amides is 1. The number of primary amides is 1. The van der Waals surface area contributed by atoms with Crippen LogP contribution in [0, 0.1) is 0 Å². The van der Waals surface area contributed by atoms with Crippen molar-refractivity contribution < 1.29 is 9.90 Å². The van der Waals surface area contributed by atoms with Gasteiger partial charge in [-0.25, -0.2) is 4.98 Å². The summed E-state index contributed by atoms with van der Waals surface area (Å²) in [5.41, 5.74) is 5.49. The van der Waals surface area contributed by atoms with Crippen LogP contribution in [0.4, 0.5) is 5.82 Å². The second kappa shape index (κ2) is 5.31. The molecule has 0 aliphatic heterocycles. The maximum atomic E-state index is 10.8. The topological polar surface area (TPSA) is 79.5 Å². The summed E-state index contributed by atoms with van der Waals surface area (Å²) in [6.07, 6.45) is 1.44. The second-order valence-corrected chi connectivity index (χ2v) is 3.07. The largest absolute Gasteiger partial charge is 0.395 e. The van der Waals surface area contributed by atoms with Crippen molar-refractivity contribution in [2.75, 3.05) is 24.6 Å². The lowest BCUT2D eigenvalue weighted by Crippen LogP contribution is -2.27. The Bertz CT molecular complexity index is 324. The molecule has 0 saturated carbocycles. The van der Waals surface area contributed by atoms with Crippen LogP contribution >= 0.6 is 0 Å². The van der Waals surface area contributed by atoms with Gasteiger partial charge in [-0.2, -0.15) is 0 Å². The van der Waals surface area contributed by atoms with Gasteiger partial charge in [-0.1, -0.05) is 0 Å². The van der Waals surface area contributed by atoms with E-state index in [9.17, 15) is 4.79 Å². The van der Waals surface area contributed by atoms with Crippen LogP contribution in [0.25, 0.3) is 0 Å². The third-order valence-corrected chi connectivity index (χ3v) is 2.11. The van der Waals surface area contributed by atoms with Crippen LogP contribution in [0.1, 0.15) is 17.3 Å². The summed E-state index contributed by atoms with van der Waals surface area (Å²) in [5.74, 6) is 0.246. The van der Waals surface area contributed by atoms with Gasteiger partial charge in [0.25, 0.3) is 0 Å². The quantitative estimate of drug-likeness (QED) is 0.715. The zero-order valence-electron chi connectivity index (χ0n) is 8.68. The third kappa shape index (κ3) is 2.92. The minimum Gasteiger partial charge on any atom is -0.395 e. The molecule has 0 aromatic carbocycles. The van der Waals surface area contributed by atoms with Crippen molar-refractivity contribution in [1.82, 2.24) is 4.98 Å². The van der Waals surface area contributed by atoms with Crippen molar-refractivity contribution in [1.29, 1.82) is 0 Å². The summed E-state index contributed by atoms with van der Waals surface area (Å²) in [5, 5.41) is 8.83. The Kier molecular flexibility index (Phi) is 4.05. The summed E-state index contributed by atoms with van der Waals surface area (Å²) in [4.78, 5) is 16.8. The van der Waals surface area contributed by atoms with E-state index in [2.05, 4.69) is 4.98 Å². The fraction of sp³-hybridized carbons (Fsp3) is 0.400. The molecule has 0 spiro atoms. The molecular formula is C10H15N3O2. The van der Waals surface area contributed by atoms with Crippen LogP contribution in [-0.4, -0.2) is 35.7 Å². The first kappa shape index (κ1) is 11.5. The summed E-state index contributed by atoms with van der Waals surface area (Å²) in [6, 6.07) is 3.35. The fourth-order valence-electron chi connectivity index (χ4n) is 1.27. The van der Waals surface area contributed by atoms with E-state index in [1.807, 2.05) is 11.8 Å². The van der Waals surface area contributed by atoms with Crippen LogP contribution < -0.4 is 10.6 Å². The fourth-order valence-corrected chi connectivity index (χ4v) is 1.27. The Hall–Kier alpha value is -1.62. The standard InChI is InChI=1S/C10H15N3O2/c1-2-13(5-6-14)9-4-3-8(7-12-9)10(11)15/h3-4,7,14H,2,5-6H2,1H3,(H2,11,15). The number of carbonyl (C=O) groups is 1. The average molecular weight is 209 g/mol. The van der Waals surface area contributed by atoms with Gasteiger partial charge in [-0.3, -0.25) is 4.79 Å². The van der Waals surface area contributed by atoms with E-state index in [1.54, 1.807) is 12.1 Å². The van der Waals surface area contributed by atoms with Crippen molar-refractivity contribution in [3.8, 4) is 0 Å². The number of pyridine rings is 1. The van der Waals surface area contributed by atoms with E-state index < -0.39 is 5.91 Å². The number of hydrogen-bond acceptors (Lipinski definition) is 4. The molecule has 1 heterocycles. The molecule has 1 aromatic rings. The second-order valence-electron chi connectivity index (χ2n) is 3.07. The molecule has 1 rings (SSSR count). The van der Waals surface area contributed by atoms with Crippen molar-refractivity contribution >= 4 is 11.7 Å². The highest BCUT2D eigenvalue weighted by Gasteiger charge is 2.06. The number of nitrogens with zero attached hydrogens (tertiary/aromatic N) is 2. The Morgan fingerprint density at radius 3 is 2.73 bits per heavy atom. The predicted octanol–water partition coefficient (Wildman–Crippen LogP) is -0.000900. The van der Waals surface area contributed by atoms with Crippen molar-refractivity contribution in [2.24, 2.45) is 5.73 Å². The van der Waals surface area contributed by atoms with E-state index in [4.69, 9.17) is 10.8 Å². The minimum atomic E-state index is -0.487. The molecule has 15 heavy (non-hydrogen) atoms. The van der Waals surface area contributed by atoms with Gasteiger partial charge >= 0.3 is 0 Å². The lowest BCUT2D eigenvalue weighted by Gasteiger charge is -2.20. The van der Waals surface area contributed by atoms with E-state index in [0.29, 0.717) is 12.1 Å². The normalized spacial score (nSPS) is 10.0. The first-order valence-electron chi connectivity index (χ1n) is 4.80. The smallest absolute Gasteiger partial charge is 0.250 e. The summed E-state index contributed by atoms with van der Waals surface area (Å²) < 4.78 is 0. The molecule has 82 valence electrons. The van der Waals surface area contributed by atoms with Crippen molar-refractivity contribution in [3.05, 3.63) is 23.9 Å². The Morgan fingerprint density at radius 2 is 2.33 bits per heavy atom. The van der Waals surface area contributed by atoms with E-state index in [0.717, 1.165) is 12.4 Å². The van der Waals surface area contributed by atoms with Crippen molar-refractivity contribution in [3.63, 3.8) is 0 Å². The first-order chi connectivity index (χ1) is 7.19. The predicted molar refractivity (Wildman–Crippen MR) is 57.7 cm³/mol. The molecular weight excluding hydrogens is 194 g/mol. The zero-order valence-corrected chi connectivity index (χ0v) is 8.68. The number of anilines is 1. The van der Waals surface area contributed by atoms with Gasteiger partial charge < -0.3 is 15.7 Å². The van der Waals surface area contributed by atoms with Gasteiger partial charge in [0.2, 0.25) is 5.91 Å². The van der Waals surface area contributed by atoms with Crippen LogP contribution in [0.2, 0.25) is 0 Å². The molecule has 0 radical (unpaired) electrons. The molecule has 0 aliphatic rings. The van der Waals surface area contributed by atoms with E-state index in [1.165, 1.54) is 6.20 Å². The number of likely N-dealkylation sites (N-methyl/N-ethyl adjacent to an activating group) is 1. The monoisotopic (exact) mass is 209 g/mol. The summed E-state index contributed by atoms with van der Waals surface area (Å²) in [7, 11) is 0. The minimum absolute atomic E-state index is 0.0765. The SMILES string of the molecule is CCN(CCO)c1ccc(C(N)=O)cn1. The molecule has 1 aromatic heterocycles. The number of hydrogen-bond donors (Lipinski definition) is 2. The molecule has 0 bridgehead atoms. The number of rotatable bonds is 5. The maximum absolute atomic E-state index is 10.8. The number of nitrogens with two attached hydrogens (primary N) is 1. The molecule has 5 nitrogen and oxygen atoms in total. The average Bonchev–Trinajstić information content (AvgIpc) is 2.26. The Balaban J connectivity index is 2.81. The molecule has 3 N–H and O–H groups in total. The van der Waals surface area contributed by atoms with E-state index >= 15 is 0 Å². The van der Waals surface area contributed by atoms with Gasteiger partial charge in [0.05, 0.1) is 12.2 Å². The van der Waals surface area contributed by atoms with Crippen LogP contribution in [0.5, 0.6) is 0 Å².